The van der Waals surface area contributed by atoms with Crippen molar-refractivity contribution in [3.8, 4) is 0 Å². The first kappa shape index (κ1) is 16.5. The molecule has 23 heavy (non-hydrogen) atoms. The van der Waals surface area contributed by atoms with E-state index in [1.165, 1.54) is 6.08 Å². The lowest BCUT2D eigenvalue weighted by Gasteiger charge is -2.07. The summed E-state index contributed by atoms with van der Waals surface area (Å²) >= 11 is 0. The van der Waals surface area contributed by atoms with Gasteiger partial charge >= 0.3 is 11.9 Å². The van der Waals surface area contributed by atoms with E-state index >= 15 is 0 Å². The van der Waals surface area contributed by atoms with Crippen LogP contribution < -0.4 is 0 Å². The van der Waals surface area contributed by atoms with Crippen molar-refractivity contribution in [3.63, 3.8) is 0 Å². The van der Waals surface area contributed by atoms with Crippen molar-refractivity contribution in [1.82, 2.24) is 4.57 Å². The minimum atomic E-state index is -1.25. The van der Waals surface area contributed by atoms with Crippen LogP contribution in [0.4, 0.5) is 0 Å². The van der Waals surface area contributed by atoms with Gasteiger partial charge in [-0.3, -0.25) is 0 Å². The smallest absolute Gasteiger partial charge is 0.336 e. The summed E-state index contributed by atoms with van der Waals surface area (Å²) in [6.45, 7) is 5.07. The molecule has 2 N–H and O–H groups in total. The zero-order valence-electron chi connectivity index (χ0n) is 13.5. The summed E-state index contributed by atoms with van der Waals surface area (Å²) in [6, 6.07) is 7.63. The Morgan fingerprint density at radius 1 is 1.09 bits per heavy atom. The van der Waals surface area contributed by atoms with E-state index in [-0.39, 0.29) is 11.1 Å². The third-order valence-corrected chi connectivity index (χ3v) is 3.95. The first-order valence-corrected chi connectivity index (χ1v) is 7.15. The molecule has 0 aliphatic carbocycles. The number of nitrogens with zero attached hydrogens (tertiary/aromatic N) is 1. The minimum absolute atomic E-state index is 0.176. The first-order valence-electron chi connectivity index (χ1n) is 7.15. The molecule has 0 radical (unpaired) electrons. The van der Waals surface area contributed by atoms with E-state index in [1.807, 2.05) is 42.8 Å². The Morgan fingerprint density at radius 2 is 1.70 bits per heavy atom. The third kappa shape index (κ3) is 2.90. The molecule has 0 unspecified atom stereocenters. The topological polar surface area (TPSA) is 79.5 Å². The highest BCUT2D eigenvalue weighted by molar-refractivity contribution is 6.10. The second-order valence-corrected chi connectivity index (χ2v) is 5.62. The number of para-hydroxylation sites is 1. The second kappa shape index (κ2) is 6.12. The summed E-state index contributed by atoms with van der Waals surface area (Å²) in [5.74, 6) is -2.49. The van der Waals surface area contributed by atoms with Gasteiger partial charge in [-0.1, -0.05) is 23.8 Å². The van der Waals surface area contributed by atoms with Crippen LogP contribution in [-0.4, -0.2) is 26.7 Å². The minimum Gasteiger partial charge on any atom is -0.478 e. The monoisotopic (exact) mass is 313 g/mol. The molecule has 0 fully saturated rings. The molecule has 0 atom stereocenters. The molecule has 5 nitrogen and oxygen atoms in total. The number of carboxylic acids is 2. The summed E-state index contributed by atoms with van der Waals surface area (Å²) in [6.07, 6.45) is 1.45. The maximum Gasteiger partial charge on any atom is 0.336 e. The Hall–Kier alpha value is -2.82. The van der Waals surface area contributed by atoms with Gasteiger partial charge in [0.1, 0.15) is 0 Å². The van der Waals surface area contributed by atoms with E-state index in [0.29, 0.717) is 5.57 Å². The summed E-state index contributed by atoms with van der Waals surface area (Å²) in [5.41, 5.74) is 2.63. The van der Waals surface area contributed by atoms with Gasteiger partial charge in [-0.25, -0.2) is 9.59 Å². The number of hydrogen-bond acceptors (Lipinski definition) is 2. The first-order chi connectivity index (χ1) is 10.8. The number of benzene rings is 1. The van der Waals surface area contributed by atoms with E-state index in [2.05, 4.69) is 0 Å². The van der Waals surface area contributed by atoms with Crippen LogP contribution in [0.1, 0.15) is 25.1 Å². The largest absolute Gasteiger partial charge is 0.478 e. The van der Waals surface area contributed by atoms with Crippen molar-refractivity contribution < 1.29 is 19.8 Å². The number of aliphatic carboxylic acids is 2. The van der Waals surface area contributed by atoms with Crippen molar-refractivity contribution in [2.24, 2.45) is 7.05 Å². The molecule has 2 rings (SSSR count). The van der Waals surface area contributed by atoms with Crippen LogP contribution in [-0.2, 0) is 16.6 Å². The quantitative estimate of drug-likeness (QED) is 0.670. The average molecular weight is 313 g/mol. The molecular formula is C18H19NO4. The van der Waals surface area contributed by atoms with Crippen molar-refractivity contribution in [2.45, 2.75) is 20.8 Å². The van der Waals surface area contributed by atoms with Gasteiger partial charge in [0.25, 0.3) is 0 Å². The van der Waals surface area contributed by atoms with Gasteiger partial charge < -0.3 is 14.8 Å². The summed E-state index contributed by atoms with van der Waals surface area (Å²) in [7, 11) is 1.90. The second-order valence-electron chi connectivity index (χ2n) is 5.62. The third-order valence-electron chi connectivity index (χ3n) is 3.95. The lowest BCUT2D eigenvalue weighted by atomic mass is 9.98. The molecule has 0 spiro atoms. The molecule has 2 aromatic rings. The number of rotatable bonds is 4. The molecule has 1 aromatic carbocycles. The molecule has 1 aromatic heterocycles. The highest BCUT2D eigenvalue weighted by atomic mass is 16.4. The van der Waals surface area contributed by atoms with Crippen molar-refractivity contribution in [1.29, 1.82) is 0 Å². The Kier molecular flexibility index (Phi) is 4.40. The predicted molar refractivity (Wildman–Crippen MR) is 89.3 cm³/mol. The van der Waals surface area contributed by atoms with Gasteiger partial charge in [-0.05, 0) is 32.9 Å². The Bertz CT molecular complexity index is 865. The van der Waals surface area contributed by atoms with Gasteiger partial charge in [0.15, 0.2) is 0 Å². The fourth-order valence-corrected chi connectivity index (χ4v) is 2.72. The highest BCUT2D eigenvalue weighted by Crippen LogP contribution is 2.29. The molecule has 0 amide bonds. The lowest BCUT2D eigenvalue weighted by molar-refractivity contribution is -0.136. The molecule has 0 saturated heterocycles. The number of allylic oxidation sites excluding steroid dienone is 1. The molecular weight excluding hydrogens is 294 g/mol. The van der Waals surface area contributed by atoms with Crippen LogP contribution in [0.25, 0.3) is 17.0 Å². The lowest BCUT2D eigenvalue weighted by Crippen LogP contribution is -2.12. The maximum absolute atomic E-state index is 11.6. The fraction of sp³-hybridized carbons (Fsp3) is 0.222. The van der Waals surface area contributed by atoms with Crippen LogP contribution in [0.15, 0.2) is 41.0 Å². The Labute approximate surface area is 134 Å². The molecule has 0 aliphatic heterocycles. The predicted octanol–water partition coefficient (Wildman–Crippen LogP) is 3.38. The summed E-state index contributed by atoms with van der Waals surface area (Å²) < 4.78 is 1.96. The van der Waals surface area contributed by atoms with Crippen LogP contribution >= 0.6 is 0 Å². The summed E-state index contributed by atoms with van der Waals surface area (Å²) in [5, 5.41) is 19.8. The normalized spacial score (nSPS) is 11.6. The number of carbonyl (C=O) groups is 2. The number of aromatic nitrogens is 1. The van der Waals surface area contributed by atoms with Gasteiger partial charge in [-0.2, -0.15) is 0 Å². The zero-order valence-corrected chi connectivity index (χ0v) is 13.5. The van der Waals surface area contributed by atoms with Crippen LogP contribution in [0, 0.1) is 6.92 Å². The van der Waals surface area contributed by atoms with E-state index in [0.717, 1.165) is 22.2 Å². The van der Waals surface area contributed by atoms with Gasteiger partial charge in [0, 0.05) is 29.2 Å². The van der Waals surface area contributed by atoms with Crippen molar-refractivity contribution >= 4 is 28.9 Å². The summed E-state index contributed by atoms with van der Waals surface area (Å²) in [4.78, 5) is 23.1. The molecule has 0 saturated carbocycles. The standard InChI is InChI=1S/C18H19NO4/c1-10(2)16(18(22)23)14(17(20)21)9-13-11(3)19(4)15-8-6-5-7-12(13)15/h5-9H,1-4H3,(H,20,21)(H,22,23). The molecule has 0 aliphatic rings. The number of fused-ring (bicyclic) bond motifs is 1. The number of aryl methyl sites for hydroxylation is 1. The van der Waals surface area contributed by atoms with Crippen LogP contribution in [0.2, 0.25) is 0 Å². The number of carboxylic acid groups (broad SMARTS) is 2. The van der Waals surface area contributed by atoms with Gasteiger partial charge in [0.05, 0.1) is 11.1 Å². The van der Waals surface area contributed by atoms with Crippen molar-refractivity contribution in [2.75, 3.05) is 0 Å². The van der Waals surface area contributed by atoms with E-state index in [9.17, 15) is 19.8 Å². The van der Waals surface area contributed by atoms with Crippen LogP contribution in [0.3, 0.4) is 0 Å². The van der Waals surface area contributed by atoms with Crippen LogP contribution in [0.5, 0.6) is 0 Å². The van der Waals surface area contributed by atoms with E-state index < -0.39 is 11.9 Å². The van der Waals surface area contributed by atoms with E-state index in [1.54, 1.807) is 13.8 Å². The average Bonchev–Trinajstić information content (AvgIpc) is 2.71. The maximum atomic E-state index is 11.6. The van der Waals surface area contributed by atoms with E-state index in [4.69, 9.17) is 0 Å². The Morgan fingerprint density at radius 3 is 2.22 bits per heavy atom. The highest BCUT2D eigenvalue weighted by Gasteiger charge is 2.22. The molecule has 5 heteroatoms. The molecule has 0 bridgehead atoms. The number of hydrogen-bond donors (Lipinski definition) is 2. The van der Waals surface area contributed by atoms with Crippen molar-refractivity contribution in [3.05, 3.63) is 52.2 Å². The van der Waals surface area contributed by atoms with Gasteiger partial charge in [-0.15, -0.1) is 0 Å². The fourth-order valence-electron chi connectivity index (χ4n) is 2.72. The molecule has 120 valence electrons. The SMILES string of the molecule is CC(C)=C(C(=O)O)C(=Cc1c(C)n(C)c2ccccc12)C(=O)O. The molecule has 1 heterocycles. The zero-order chi connectivity index (χ0) is 17.3. The van der Waals surface area contributed by atoms with Gasteiger partial charge in [0.2, 0.25) is 0 Å². The Balaban J connectivity index is 2.81.